The second-order valence-electron chi connectivity index (χ2n) is 1.33. The zero-order valence-corrected chi connectivity index (χ0v) is 5.43. The van der Waals surface area contributed by atoms with Gasteiger partial charge in [-0.1, -0.05) is 13.2 Å². The van der Waals surface area contributed by atoms with Crippen LogP contribution in [0, 0.1) is 0 Å². The summed E-state index contributed by atoms with van der Waals surface area (Å²) in [5.41, 5.74) is 6.71. The lowest BCUT2D eigenvalue weighted by Crippen LogP contribution is -1.97. The van der Waals surface area contributed by atoms with Gasteiger partial charge in [-0.25, -0.2) is 0 Å². The van der Waals surface area contributed by atoms with Crippen molar-refractivity contribution in [1.29, 1.82) is 0 Å². The van der Waals surface area contributed by atoms with Crippen LogP contribution in [0.5, 0.6) is 0 Å². The molecule has 0 heterocycles. The molecule has 1 atom stereocenters. The van der Waals surface area contributed by atoms with Crippen LogP contribution in [-0.2, 0) is 0 Å². The maximum atomic E-state index is 5.24. The molecule has 0 bridgehead atoms. The van der Waals surface area contributed by atoms with Crippen molar-refractivity contribution in [1.82, 2.24) is 0 Å². The summed E-state index contributed by atoms with van der Waals surface area (Å²) in [5.74, 6) is 0. The van der Waals surface area contributed by atoms with Crippen LogP contribution in [0.1, 0.15) is 0 Å². The molecular formula is C5H10NP. The minimum absolute atomic E-state index is 0.579. The predicted molar refractivity (Wildman–Crippen MR) is 37.0 cm³/mol. The second-order valence-corrected chi connectivity index (χ2v) is 1.74. The van der Waals surface area contributed by atoms with Gasteiger partial charge in [0.05, 0.1) is 0 Å². The Balaban J connectivity index is 3.58. The molecule has 0 aromatic rings. The summed E-state index contributed by atoms with van der Waals surface area (Å²) < 4.78 is 0. The quantitative estimate of drug-likeness (QED) is 0.419. The lowest BCUT2D eigenvalue weighted by molar-refractivity contribution is 1.33. The molecule has 7 heavy (non-hydrogen) atoms. The van der Waals surface area contributed by atoms with Crippen molar-refractivity contribution in [3.8, 4) is 0 Å². The normalized spacial score (nSPS) is 8.14. The number of nitrogens with two attached hydrogens (primary N) is 1. The van der Waals surface area contributed by atoms with E-state index in [1.54, 1.807) is 0 Å². The van der Waals surface area contributed by atoms with Crippen molar-refractivity contribution in [2.24, 2.45) is 5.73 Å². The average molecular weight is 115 g/mol. The first-order valence-corrected chi connectivity index (χ1v) is 2.82. The first-order valence-electron chi connectivity index (χ1n) is 2.01. The minimum Gasteiger partial charge on any atom is -0.399 e. The van der Waals surface area contributed by atoms with E-state index in [0.717, 1.165) is 11.7 Å². The summed E-state index contributed by atoms with van der Waals surface area (Å²) in [6, 6.07) is 0. The first kappa shape index (κ1) is 6.71. The second kappa shape index (κ2) is 2.81. The zero-order valence-electron chi connectivity index (χ0n) is 4.28. The third-order valence-corrected chi connectivity index (χ3v) is 1.19. The average Bonchev–Trinajstić information content (AvgIpc) is 1.65. The first-order chi connectivity index (χ1) is 3.18. The Bertz CT molecular complexity index is 96.3. The number of allylic oxidation sites excluding steroid dienone is 1. The molecule has 0 radical (unpaired) electrons. The van der Waals surface area contributed by atoms with Crippen molar-refractivity contribution in [3.63, 3.8) is 0 Å². The molecule has 40 valence electrons. The van der Waals surface area contributed by atoms with Crippen molar-refractivity contribution in [2.75, 3.05) is 6.16 Å². The molecule has 0 saturated heterocycles. The van der Waals surface area contributed by atoms with E-state index in [4.69, 9.17) is 5.73 Å². The summed E-state index contributed by atoms with van der Waals surface area (Å²) in [6.45, 7) is 7.12. The van der Waals surface area contributed by atoms with Gasteiger partial charge < -0.3 is 5.73 Å². The fourth-order valence-corrected chi connectivity index (χ4v) is 0.393. The fraction of sp³-hybridized carbons (Fsp3) is 0.200. The van der Waals surface area contributed by atoms with Gasteiger partial charge in [-0.2, -0.15) is 0 Å². The molecule has 0 spiro atoms. The van der Waals surface area contributed by atoms with Crippen molar-refractivity contribution < 1.29 is 0 Å². The smallest absolute Gasteiger partial charge is 0.0270 e. The minimum atomic E-state index is 0.579. The lowest BCUT2D eigenvalue weighted by atomic mass is 10.3. The van der Waals surface area contributed by atoms with Gasteiger partial charge in [-0.15, -0.1) is 9.24 Å². The number of hydrogen-bond acceptors (Lipinski definition) is 1. The Morgan fingerprint density at radius 2 is 2.00 bits per heavy atom. The molecule has 2 heteroatoms. The van der Waals surface area contributed by atoms with Crippen molar-refractivity contribution in [3.05, 3.63) is 24.4 Å². The third kappa shape index (κ3) is 2.41. The van der Waals surface area contributed by atoms with Crippen LogP contribution in [0.15, 0.2) is 24.4 Å². The maximum Gasteiger partial charge on any atom is 0.0270 e. The van der Waals surface area contributed by atoms with Crippen LogP contribution in [0.25, 0.3) is 0 Å². The Kier molecular flexibility index (Phi) is 2.70. The van der Waals surface area contributed by atoms with Crippen LogP contribution in [0.3, 0.4) is 0 Å². The molecule has 0 rings (SSSR count). The Labute approximate surface area is 46.5 Å². The summed E-state index contributed by atoms with van der Waals surface area (Å²) in [6.07, 6.45) is 0.815. The molecular weight excluding hydrogens is 105 g/mol. The van der Waals surface area contributed by atoms with Gasteiger partial charge in [-0.05, 0) is 11.7 Å². The summed E-state index contributed by atoms with van der Waals surface area (Å²) in [4.78, 5) is 0. The number of hydrogen-bond donors (Lipinski definition) is 1. The molecule has 0 fully saturated rings. The van der Waals surface area contributed by atoms with E-state index in [2.05, 4.69) is 22.4 Å². The van der Waals surface area contributed by atoms with Gasteiger partial charge in [0.2, 0.25) is 0 Å². The predicted octanol–water partition coefficient (Wildman–Crippen LogP) is 0.890. The maximum absolute atomic E-state index is 5.24. The van der Waals surface area contributed by atoms with E-state index in [-0.39, 0.29) is 0 Å². The van der Waals surface area contributed by atoms with E-state index in [1.807, 2.05) is 0 Å². The highest BCUT2D eigenvalue weighted by molar-refractivity contribution is 7.16. The molecule has 1 nitrogen and oxygen atoms in total. The lowest BCUT2D eigenvalue weighted by Gasteiger charge is -1.95. The van der Waals surface area contributed by atoms with E-state index < -0.39 is 0 Å². The monoisotopic (exact) mass is 115 g/mol. The summed E-state index contributed by atoms with van der Waals surface area (Å²) in [7, 11) is 2.52. The van der Waals surface area contributed by atoms with Crippen LogP contribution >= 0.6 is 9.24 Å². The van der Waals surface area contributed by atoms with Crippen LogP contribution in [0.4, 0.5) is 0 Å². The highest BCUT2D eigenvalue weighted by Crippen LogP contribution is 2.00. The van der Waals surface area contributed by atoms with Gasteiger partial charge in [0.15, 0.2) is 0 Å². The highest BCUT2D eigenvalue weighted by atomic mass is 31.0. The molecule has 0 aromatic carbocycles. The van der Waals surface area contributed by atoms with Gasteiger partial charge in [0.1, 0.15) is 0 Å². The molecule has 0 amide bonds. The zero-order chi connectivity index (χ0) is 5.86. The fourth-order valence-electron chi connectivity index (χ4n) is 0.131. The topological polar surface area (TPSA) is 26.0 Å². The highest BCUT2D eigenvalue weighted by Gasteiger charge is 1.86. The van der Waals surface area contributed by atoms with Gasteiger partial charge in [-0.3, -0.25) is 0 Å². The van der Waals surface area contributed by atoms with Crippen LogP contribution in [0.2, 0.25) is 0 Å². The largest absolute Gasteiger partial charge is 0.399 e. The summed E-state index contributed by atoms with van der Waals surface area (Å²) >= 11 is 0. The molecule has 0 aliphatic heterocycles. The van der Waals surface area contributed by atoms with Gasteiger partial charge >= 0.3 is 0 Å². The molecule has 0 aromatic heterocycles. The molecule has 0 aliphatic carbocycles. The van der Waals surface area contributed by atoms with E-state index >= 15 is 0 Å². The Morgan fingerprint density at radius 1 is 1.57 bits per heavy atom. The van der Waals surface area contributed by atoms with E-state index in [0.29, 0.717) is 5.70 Å². The third-order valence-electron chi connectivity index (χ3n) is 0.701. The Morgan fingerprint density at radius 3 is 2.00 bits per heavy atom. The Hall–Kier alpha value is -0.290. The number of rotatable bonds is 2. The van der Waals surface area contributed by atoms with E-state index in [9.17, 15) is 0 Å². The molecule has 2 N–H and O–H groups in total. The van der Waals surface area contributed by atoms with E-state index in [1.165, 1.54) is 0 Å². The SMILES string of the molecule is C=C(N)C(=C)CP. The van der Waals surface area contributed by atoms with Crippen molar-refractivity contribution >= 4 is 9.24 Å². The van der Waals surface area contributed by atoms with Crippen LogP contribution < -0.4 is 5.73 Å². The standard InChI is InChI=1S/C5H10NP/c1-4(3-7)5(2)6/h1-3,6-7H2. The van der Waals surface area contributed by atoms with Gasteiger partial charge in [0, 0.05) is 5.70 Å². The van der Waals surface area contributed by atoms with Gasteiger partial charge in [0.25, 0.3) is 0 Å². The molecule has 1 unspecified atom stereocenters. The van der Waals surface area contributed by atoms with Crippen LogP contribution in [-0.4, -0.2) is 6.16 Å². The molecule has 0 aliphatic rings. The summed E-state index contributed by atoms with van der Waals surface area (Å²) in [5, 5.41) is 0. The van der Waals surface area contributed by atoms with Crippen molar-refractivity contribution in [2.45, 2.75) is 0 Å². The molecule has 0 saturated carbocycles.